The highest BCUT2D eigenvalue weighted by molar-refractivity contribution is 5.96. The maximum Gasteiger partial charge on any atom is 0.306 e. The van der Waals surface area contributed by atoms with Gasteiger partial charge in [-0.15, -0.1) is 0 Å². The first-order valence-electron chi connectivity index (χ1n) is 14.3. The molecule has 9 N–H and O–H groups in total. The molecule has 0 aliphatic rings. The predicted molar refractivity (Wildman–Crippen MR) is 153 cm³/mol. The molecule has 0 saturated heterocycles. The number of aliphatic carboxylic acids is 1. The first kappa shape index (κ1) is 39.5. The molecule has 0 aromatic rings. The minimum absolute atomic E-state index is 0.00923. The molecule has 0 saturated carbocycles. The van der Waals surface area contributed by atoms with Crippen LogP contribution in [0, 0.1) is 5.41 Å². The molecule has 2 amide bonds. The number of amides is 2. The Bertz CT molecular complexity index is 916. The molecular formula is C27H47N5O11. The van der Waals surface area contributed by atoms with Crippen LogP contribution in [-0.2, 0) is 43.0 Å². The predicted octanol–water partition coefficient (Wildman–Crippen LogP) is -1.07. The highest BCUT2D eigenvalue weighted by Gasteiger charge is 2.27. The lowest BCUT2D eigenvalue weighted by molar-refractivity contribution is -0.146. The van der Waals surface area contributed by atoms with E-state index in [4.69, 9.17) is 41.3 Å². The number of hydrogen-bond donors (Lipinski definition) is 7. The SMILES string of the molecule is CCCOCCOCCOC(=O)CCC(=O)[C@H](CCCCC(=N)N)NC(=O)CCC(=O)[C@H](CC(=O)O)NC(=O)[C@@H](N)CO. The molecule has 16 heteroatoms. The van der Waals surface area contributed by atoms with Crippen LogP contribution < -0.4 is 22.1 Å². The van der Waals surface area contributed by atoms with Gasteiger partial charge in [0.15, 0.2) is 11.6 Å². The number of carbonyl (C=O) groups is 6. The van der Waals surface area contributed by atoms with E-state index in [-0.39, 0.29) is 38.3 Å². The van der Waals surface area contributed by atoms with E-state index in [9.17, 15) is 28.8 Å². The van der Waals surface area contributed by atoms with Crippen molar-refractivity contribution in [1.29, 1.82) is 5.41 Å². The summed E-state index contributed by atoms with van der Waals surface area (Å²) < 4.78 is 15.6. The van der Waals surface area contributed by atoms with Gasteiger partial charge in [-0.2, -0.15) is 0 Å². The quantitative estimate of drug-likeness (QED) is 0.0251. The number of hydrogen-bond acceptors (Lipinski definition) is 12. The van der Waals surface area contributed by atoms with Gasteiger partial charge in [-0.05, 0) is 19.3 Å². The van der Waals surface area contributed by atoms with Crippen molar-refractivity contribution in [3.8, 4) is 0 Å². The zero-order valence-electron chi connectivity index (χ0n) is 24.8. The second kappa shape index (κ2) is 24.0. The highest BCUT2D eigenvalue weighted by Crippen LogP contribution is 2.10. The van der Waals surface area contributed by atoms with E-state index in [1.807, 2.05) is 6.92 Å². The summed E-state index contributed by atoms with van der Waals surface area (Å²) in [4.78, 5) is 73.1. The number of ketones is 2. The maximum atomic E-state index is 12.9. The Kier molecular flexibility index (Phi) is 22.1. The molecule has 246 valence electrons. The van der Waals surface area contributed by atoms with E-state index in [0.717, 1.165) is 6.42 Å². The molecule has 0 unspecified atom stereocenters. The number of rotatable bonds is 27. The van der Waals surface area contributed by atoms with Crippen molar-refractivity contribution in [2.75, 3.05) is 39.6 Å². The van der Waals surface area contributed by atoms with Gasteiger partial charge in [0.2, 0.25) is 11.8 Å². The van der Waals surface area contributed by atoms with Gasteiger partial charge in [-0.25, -0.2) is 0 Å². The molecule has 0 aromatic carbocycles. The molecule has 0 radical (unpaired) electrons. The van der Waals surface area contributed by atoms with Gasteiger partial charge < -0.3 is 46.5 Å². The average Bonchev–Trinajstić information content (AvgIpc) is 2.96. The number of Topliss-reactive ketones (excluding diaryl/α,β-unsaturated/α-hetero) is 2. The number of esters is 1. The molecule has 0 heterocycles. The van der Waals surface area contributed by atoms with Crippen molar-refractivity contribution in [3.63, 3.8) is 0 Å². The topological polar surface area (TPSA) is 271 Å². The Morgan fingerprint density at radius 2 is 1.42 bits per heavy atom. The monoisotopic (exact) mass is 617 g/mol. The summed E-state index contributed by atoms with van der Waals surface area (Å²) in [5, 5.41) is 30.1. The Morgan fingerprint density at radius 3 is 2.02 bits per heavy atom. The lowest BCUT2D eigenvalue weighted by Gasteiger charge is -2.19. The lowest BCUT2D eigenvalue weighted by Crippen LogP contribution is -2.50. The third kappa shape index (κ3) is 21.0. The normalized spacial score (nSPS) is 12.9. The van der Waals surface area contributed by atoms with Gasteiger partial charge in [0.1, 0.15) is 12.6 Å². The molecule has 0 spiro atoms. The van der Waals surface area contributed by atoms with Crippen LogP contribution in [-0.4, -0.2) is 109 Å². The van der Waals surface area contributed by atoms with E-state index in [1.54, 1.807) is 0 Å². The fourth-order valence-corrected chi connectivity index (χ4v) is 3.59. The smallest absolute Gasteiger partial charge is 0.306 e. The number of aliphatic hydroxyl groups is 1. The van der Waals surface area contributed by atoms with E-state index in [0.29, 0.717) is 39.1 Å². The first-order valence-corrected chi connectivity index (χ1v) is 14.3. The first-order chi connectivity index (χ1) is 20.4. The maximum absolute atomic E-state index is 12.9. The number of amidine groups is 1. The van der Waals surface area contributed by atoms with E-state index in [2.05, 4.69) is 10.6 Å². The van der Waals surface area contributed by atoms with E-state index in [1.165, 1.54) is 0 Å². The molecule has 0 bridgehead atoms. The molecular weight excluding hydrogens is 570 g/mol. The van der Waals surface area contributed by atoms with Crippen LogP contribution in [0.25, 0.3) is 0 Å². The fraction of sp³-hybridized carbons (Fsp3) is 0.741. The van der Waals surface area contributed by atoms with Gasteiger partial charge in [-0.3, -0.25) is 34.2 Å². The zero-order valence-corrected chi connectivity index (χ0v) is 24.8. The number of nitrogens with two attached hydrogens (primary N) is 2. The molecule has 3 atom stereocenters. The molecule has 0 aromatic heterocycles. The third-order valence-electron chi connectivity index (χ3n) is 5.92. The summed E-state index contributed by atoms with van der Waals surface area (Å²) in [7, 11) is 0. The van der Waals surface area contributed by atoms with Gasteiger partial charge >= 0.3 is 11.9 Å². The highest BCUT2D eigenvalue weighted by atomic mass is 16.6. The van der Waals surface area contributed by atoms with Gasteiger partial charge in [0, 0.05) is 32.3 Å². The summed E-state index contributed by atoms with van der Waals surface area (Å²) in [6.07, 6.45) is 0.312. The van der Waals surface area contributed by atoms with Crippen LogP contribution in [0.2, 0.25) is 0 Å². The Hall–Kier alpha value is -3.47. The summed E-state index contributed by atoms with van der Waals surface area (Å²) in [6.45, 7) is 2.89. The van der Waals surface area contributed by atoms with Crippen molar-refractivity contribution in [3.05, 3.63) is 0 Å². The number of unbranched alkanes of at least 4 members (excludes halogenated alkanes) is 1. The summed E-state index contributed by atoms with van der Waals surface area (Å²) in [5.74, 6) is -4.79. The summed E-state index contributed by atoms with van der Waals surface area (Å²) in [5.41, 5.74) is 10.8. The number of ether oxygens (including phenoxy) is 3. The molecule has 0 fully saturated rings. The minimum atomic E-state index is -1.47. The Morgan fingerprint density at radius 1 is 0.814 bits per heavy atom. The molecule has 0 aliphatic carbocycles. The second-order valence-corrected chi connectivity index (χ2v) is 9.72. The van der Waals surface area contributed by atoms with Crippen molar-refractivity contribution < 1.29 is 53.2 Å². The number of aliphatic hydroxyl groups excluding tert-OH is 1. The minimum Gasteiger partial charge on any atom is -0.481 e. The number of carbonyl (C=O) groups excluding carboxylic acids is 5. The van der Waals surface area contributed by atoms with Gasteiger partial charge in [-0.1, -0.05) is 13.3 Å². The van der Waals surface area contributed by atoms with Crippen molar-refractivity contribution in [2.45, 2.75) is 89.3 Å². The lowest BCUT2D eigenvalue weighted by atomic mass is 10.00. The molecule has 0 aliphatic heterocycles. The number of carboxylic acid groups (broad SMARTS) is 1. The van der Waals surface area contributed by atoms with E-state index < -0.39 is 79.3 Å². The fourth-order valence-electron chi connectivity index (χ4n) is 3.59. The van der Waals surface area contributed by atoms with Crippen molar-refractivity contribution >= 4 is 41.2 Å². The molecule has 43 heavy (non-hydrogen) atoms. The van der Waals surface area contributed by atoms with Gasteiger partial charge in [0.25, 0.3) is 0 Å². The zero-order chi connectivity index (χ0) is 32.6. The number of nitrogens with one attached hydrogen (secondary N) is 3. The van der Waals surface area contributed by atoms with Crippen LogP contribution in [0.1, 0.15) is 71.1 Å². The third-order valence-corrected chi connectivity index (χ3v) is 5.92. The van der Waals surface area contributed by atoms with Crippen LogP contribution in [0.15, 0.2) is 0 Å². The van der Waals surface area contributed by atoms with Crippen LogP contribution in [0.5, 0.6) is 0 Å². The second-order valence-electron chi connectivity index (χ2n) is 9.72. The number of carboxylic acids is 1. The Labute approximate surface area is 251 Å². The summed E-state index contributed by atoms with van der Waals surface area (Å²) in [6, 6.07) is -3.81. The Balaban J connectivity index is 4.90. The largest absolute Gasteiger partial charge is 0.481 e. The standard InChI is InChI=1S/C27H47N5O11/c1-2-11-41-12-13-42-14-15-43-26(39)10-8-21(34)19(5-3-4-6-23(29)30)31-24(36)9-7-22(35)20(16-25(37)38)32-27(40)18(28)17-33/h18-20,33H,2-17,28H2,1H3,(H3,29,30)(H,31,36)(H,32,40)(H,37,38)/t18-,19-,20-/m0/s1. The van der Waals surface area contributed by atoms with Crippen molar-refractivity contribution in [2.24, 2.45) is 11.5 Å². The van der Waals surface area contributed by atoms with Crippen LogP contribution in [0.4, 0.5) is 0 Å². The summed E-state index contributed by atoms with van der Waals surface area (Å²) >= 11 is 0. The molecule has 0 rings (SSSR count). The van der Waals surface area contributed by atoms with Crippen molar-refractivity contribution in [1.82, 2.24) is 10.6 Å². The van der Waals surface area contributed by atoms with Crippen LogP contribution in [0.3, 0.4) is 0 Å². The molecule has 16 nitrogen and oxygen atoms in total. The van der Waals surface area contributed by atoms with Crippen LogP contribution >= 0.6 is 0 Å². The van der Waals surface area contributed by atoms with E-state index >= 15 is 0 Å². The average molecular weight is 618 g/mol. The van der Waals surface area contributed by atoms with Gasteiger partial charge in [0.05, 0.1) is 57.2 Å².